The third kappa shape index (κ3) is 5.10. The van der Waals surface area contributed by atoms with Gasteiger partial charge in [-0.05, 0) is 48.4 Å². The predicted octanol–water partition coefficient (Wildman–Crippen LogP) is 2.22. The highest BCUT2D eigenvalue weighted by Crippen LogP contribution is 2.06. The third-order valence-corrected chi connectivity index (χ3v) is 3.96. The Hall–Kier alpha value is -1.41. The minimum absolute atomic E-state index is 0.672. The van der Waals surface area contributed by atoms with Crippen molar-refractivity contribution in [2.75, 3.05) is 6.54 Å². The van der Waals surface area contributed by atoms with E-state index in [4.69, 9.17) is 12.2 Å². The highest BCUT2D eigenvalue weighted by Gasteiger charge is 2.04. The number of hydrogen-bond acceptors (Lipinski definition) is 3. The summed E-state index contributed by atoms with van der Waals surface area (Å²) in [7, 11) is 0. The second kappa shape index (κ2) is 8.28. The van der Waals surface area contributed by atoms with Crippen LogP contribution in [0, 0.1) is 6.92 Å². The first-order chi connectivity index (χ1) is 10.6. The van der Waals surface area contributed by atoms with Crippen LogP contribution in [0.5, 0.6) is 0 Å². The summed E-state index contributed by atoms with van der Waals surface area (Å²) < 4.78 is 4.84. The van der Waals surface area contributed by atoms with Crippen molar-refractivity contribution in [2.45, 2.75) is 39.9 Å². The lowest BCUT2D eigenvalue weighted by atomic mass is 10.3. The van der Waals surface area contributed by atoms with Gasteiger partial charge in [-0.25, -0.2) is 0 Å². The monoisotopic (exact) mass is 384 g/mol. The fourth-order valence-corrected chi connectivity index (χ4v) is 2.54. The molecule has 2 rings (SSSR count). The van der Waals surface area contributed by atoms with E-state index >= 15 is 0 Å². The number of rotatable bonds is 7. The molecule has 0 aliphatic rings. The van der Waals surface area contributed by atoms with Gasteiger partial charge in [-0.3, -0.25) is 9.36 Å². The van der Waals surface area contributed by atoms with Crippen LogP contribution in [0.15, 0.2) is 23.1 Å². The van der Waals surface area contributed by atoms with E-state index in [2.05, 4.69) is 49.9 Å². The number of halogens is 1. The minimum atomic E-state index is 0.672. The molecule has 0 saturated heterocycles. The van der Waals surface area contributed by atoms with Crippen molar-refractivity contribution in [3.8, 4) is 0 Å². The SMILES string of the molecule is CCn1cc(CNC(=S)NCCCn2cc(Br)cn2)c(C)n1. The van der Waals surface area contributed by atoms with Crippen molar-refractivity contribution >= 4 is 33.3 Å². The van der Waals surface area contributed by atoms with E-state index in [-0.39, 0.29) is 0 Å². The van der Waals surface area contributed by atoms with Gasteiger partial charge in [0.25, 0.3) is 0 Å². The molecule has 0 saturated carbocycles. The molecule has 0 radical (unpaired) electrons. The topological polar surface area (TPSA) is 59.7 Å². The molecule has 2 aromatic rings. The van der Waals surface area contributed by atoms with Crippen LogP contribution in [-0.2, 0) is 19.6 Å². The summed E-state index contributed by atoms with van der Waals surface area (Å²) in [6.45, 7) is 7.35. The number of hydrogen-bond donors (Lipinski definition) is 2. The van der Waals surface area contributed by atoms with Gasteiger partial charge in [-0.15, -0.1) is 0 Å². The van der Waals surface area contributed by atoms with E-state index in [0.717, 1.165) is 36.2 Å². The highest BCUT2D eigenvalue weighted by molar-refractivity contribution is 9.10. The Morgan fingerprint density at radius 1 is 1.32 bits per heavy atom. The normalized spacial score (nSPS) is 10.7. The Morgan fingerprint density at radius 3 is 2.77 bits per heavy atom. The number of thiocarbonyl (C=S) groups is 1. The number of nitrogens with one attached hydrogen (secondary N) is 2. The first-order valence-corrected chi connectivity index (χ1v) is 8.51. The third-order valence-electron chi connectivity index (χ3n) is 3.26. The van der Waals surface area contributed by atoms with E-state index in [9.17, 15) is 0 Å². The van der Waals surface area contributed by atoms with Gasteiger partial charge < -0.3 is 10.6 Å². The molecule has 2 N–H and O–H groups in total. The zero-order valence-electron chi connectivity index (χ0n) is 12.8. The smallest absolute Gasteiger partial charge is 0.166 e. The van der Waals surface area contributed by atoms with Gasteiger partial charge in [0.2, 0.25) is 0 Å². The van der Waals surface area contributed by atoms with Gasteiger partial charge in [-0.1, -0.05) is 0 Å². The molecule has 0 aromatic carbocycles. The molecule has 0 amide bonds. The molecule has 0 aliphatic heterocycles. The second-order valence-corrected chi connectivity index (χ2v) is 6.30. The van der Waals surface area contributed by atoms with E-state index < -0.39 is 0 Å². The summed E-state index contributed by atoms with van der Waals surface area (Å²) in [4.78, 5) is 0. The van der Waals surface area contributed by atoms with Crippen molar-refractivity contribution in [3.05, 3.63) is 34.3 Å². The van der Waals surface area contributed by atoms with E-state index in [1.807, 2.05) is 22.5 Å². The first-order valence-electron chi connectivity index (χ1n) is 7.31. The van der Waals surface area contributed by atoms with Crippen LogP contribution < -0.4 is 10.6 Å². The number of nitrogens with zero attached hydrogens (tertiary/aromatic N) is 4. The van der Waals surface area contributed by atoms with Crippen molar-refractivity contribution in [1.82, 2.24) is 30.2 Å². The highest BCUT2D eigenvalue weighted by atomic mass is 79.9. The van der Waals surface area contributed by atoms with Crippen LogP contribution in [0.25, 0.3) is 0 Å². The van der Waals surface area contributed by atoms with Crippen molar-refractivity contribution in [3.63, 3.8) is 0 Å². The maximum absolute atomic E-state index is 5.29. The summed E-state index contributed by atoms with van der Waals surface area (Å²) in [6.07, 6.45) is 6.77. The molecule has 2 heterocycles. The molecular formula is C14H21BrN6S. The maximum atomic E-state index is 5.29. The van der Waals surface area contributed by atoms with Crippen molar-refractivity contribution in [2.24, 2.45) is 0 Å². The average Bonchev–Trinajstić information content (AvgIpc) is 3.07. The van der Waals surface area contributed by atoms with Gasteiger partial charge >= 0.3 is 0 Å². The van der Waals surface area contributed by atoms with Crippen LogP contribution in [0.2, 0.25) is 0 Å². The fraction of sp³-hybridized carbons (Fsp3) is 0.500. The van der Waals surface area contributed by atoms with Gasteiger partial charge in [0.15, 0.2) is 5.11 Å². The standard InChI is InChI=1S/C14H21BrN6S/c1-3-20-9-12(11(2)19-20)7-17-14(22)16-5-4-6-21-10-13(15)8-18-21/h8-10H,3-7H2,1-2H3,(H2,16,17,22). The van der Waals surface area contributed by atoms with Crippen molar-refractivity contribution < 1.29 is 0 Å². The largest absolute Gasteiger partial charge is 0.363 e. The van der Waals surface area contributed by atoms with Crippen LogP contribution in [0.3, 0.4) is 0 Å². The summed E-state index contributed by atoms with van der Waals surface area (Å²) in [6, 6.07) is 0. The van der Waals surface area contributed by atoms with Gasteiger partial charge in [0.1, 0.15) is 0 Å². The van der Waals surface area contributed by atoms with Crippen LogP contribution in [0.4, 0.5) is 0 Å². The molecule has 2 aromatic heterocycles. The lowest BCUT2D eigenvalue weighted by molar-refractivity contribution is 0.571. The molecule has 0 aliphatic carbocycles. The van der Waals surface area contributed by atoms with Crippen LogP contribution in [0.1, 0.15) is 24.6 Å². The Kier molecular flexibility index (Phi) is 6.38. The minimum Gasteiger partial charge on any atom is -0.363 e. The fourth-order valence-electron chi connectivity index (χ4n) is 2.04. The molecule has 6 nitrogen and oxygen atoms in total. The van der Waals surface area contributed by atoms with Crippen LogP contribution >= 0.6 is 28.1 Å². The van der Waals surface area contributed by atoms with E-state index in [1.165, 1.54) is 5.56 Å². The molecule has 0 atom stereocenters. The summed E-state index contributed by atoms with van der Waals surface area (Å²) >= 11 is 8.67. The van der Waals surface area contributed by atoms with E-state index in [0.29, 0.717) is 11.7 Å². The Balaban J connectivity index is 1.64. The Morgan fingerprint density at radius 2 is 2.14 bits per heavy atom. The molecule has 0 spiro atoms. The van der Waals surface area contributed by atoms with Crippen LogP contribution in [-0.4, -0.2) is 31.2 Å². The maximum Gasteiger partial charge on any atom is 0.166 e. The van der Waals surface area contributed by atoms with Gasteiger partial charge in [0, 0.05) is 44.1 Å². The zero-order valence-corrected chi connectivity index (χ0v) is 15.2. The molecule has 120 valence electrons. The molecule has 22 heavy (non-hydrogen) atoms. The van der Waals surface area contributed by atoms with Gasteiger partial charge in [0.05, 0.1) is 16.4 Å². The summed E-state index contributed by atoms with van der Waals surface area (Å²) in [5.74, 6) is 0. The average molecular weight is 385 g/mol. The zero-order chi connectivity index (χ0) is 15.9. The summed E-state index contributed by atoms with van der Waals surface area (Å²) in [5.41, 5.74) is 2.22. The number of aryl methyl sites for hydroxylation is 3. The molecule has 0 unspecified atom stereocenters. The lowest BCUT2D eigenvalue weighted by Crippen LogP contribution is -2.35. The molecule has 8 heteroatoms. The molecular weight excluding hydrogens is 364 g/mol. The quantitative estimate of drug-likeness (QED) is 0.566. The van der Waals surface area contributed by atoms with E-state index in [1.54, 1.807) is 6.20 Å². The Labute approximate surface area is 144 Å². The molecule has 0 bridgehead atoms. The predicted molar refractivity (Wildman–Crippen MR) is 94.6 cm³/mol. The summed E-state index contributed by atoms with van der Waals surface area (Å²) in [5, 5.41) is 15.7. The first kappa shape index (κ1) is 17.0. The van der Waals surface area contributed by atoms with Gasteiger partial charge in [-0.2, -0.15) is 10.2 Å². The second-order valence-electron chi connectivity index (χ2n) is 4.98. The lowest BCUT2D eigenvalue weighted by Gasteiger charge is -2.10. The van der Waals surface area contributed by atoms with Crippen molar-refractivity contribution in [1.29, 1.82) is 0 Å². The number of aromatic nitrogens is 4. The molecule has 0 fully saturated rings. The Bertz CT molecular complexity index is 621.